The fourth-order valence-electron chi connectivity index (χ4n) is 2.19. The number of rotatable bonds is 7. The highest BCUT2D eigenvalue weighted by Gasteiger charge is 2.10. The van der Waals surface area contributed by atoms with E-state index in [4.69, 9.17) is 4.74 Å². The molecule has 0 saturated carbocycles. The van der Waals surface area contributed by atoms with Crippen molar-refractivity contribution in [2.24, 2.45) is 0 Å². The molecule has 0 fully saturated rings. The number of aromatic amines is 1. The predicted molar refractivity (Wildman–Crippen MR) is 92.1 cm³/mol. The van der Waals surface area contributed by atoms with Crippen LogP contribution in [0.5, 0.6) is 0 Å². The Kier molecular flexibility index (Phi) is 5.17. The van der Waals surface area contributed by atoms with Crippen LogP contribution in [0.1, 0.15) is 23.1 Å². The number of thiophene rings is 1. The summed E-state index contributed by atoms with van der Waals surface area (Å²) < 4.78 is 4.87. The van der Waals surface area contributed by atoms with Gasteiger partial charge in [-0.2, -0.15) is 0 Å². The molecule has 0 aliphatic rings. The summed E-state index contributed by atoms with van der Waals surface area (Å²) in [5.74, 6) is 0.148. The number of aromatic nitrogens is 4. The second kappa shape index (κ2) is 7.69. The van der Waals surface area contributed by atoms with Crippen molar-refractivity contribution in [3.05, 3.63) is 47.4 Å². The molecule has 0 unspecified atom stereocenters. The van der Waals surface area contributed by atoms with Crippen molar-refractivity contribution in [3.8, 4) is 10.6 Å². The van der Waals surface area contributed by atoms with Crippen molar-refractivity contribution in [1.82, 2.24) is 20.2 Å². The molecule has 0 bridgehead atoms. The summed E-state index contributed by atoms with van der Waals surface area (Å²) in [6, 6.07) is 7.38. The van der Waals surface area contributed by atoms with Crippen LogP contribution >= 0.6 is 11.3 Å². The van der Waals surface area contributed by atoms with E-state index in [1.54, 1.807) is 36.7 Å². The number of hydrogen-bond acceptors (Lipinski definition) is 7. The Morgan fingerprint density at radius 1 is 1.33 bits per heavy atom. The summed E-state index contributed by atoms with van der Waals surface area (Å²) in [5, 5.41) is 13.1. The number of nitrogens with zero attached hydrogens (tertiary/aromatic N) is 3. The number of H-pyrrole nitrogens is 1. The average molecular weight is 343 g/mol. The first-order valence-electron chi connectivity index (χ1n) is 7.58. The van der Waals surface area contributed by atoms with Gasteiger partial charge in [-0.25, -0.2) is 9.78 Å². The Morgan fingerprint density at radius 2 is 2.25 bits per heavy atom. The minimum Gasteiger partial charge on any atom is -0.461 e. The number of imidazole rings is 1. The Hall–Kier alpha value is -2.74. The Morgan fingerprint density at radius 3 is 2.96 bits per heavy atom. The van der Waals surface area contributed by atoms with Crippen LogP contribution in [0.25, 0.3) is 10.6 Å². The lowest BCUT2D eigenvalue weighted by Gasteiger charge is -2.06. The van der Waals surface area contributed by atoms with E-state index in [-0.39, 0.29) is 5.69 Å². The molecule has 0 amide bonds. The lowest BCUT2D eigenvalue weighted by molar-refractivity contribution is 0.0518. The molecule has 0 aromatic carbocycles. The summed E-state index contributed by atoms with van der Waals surface area (Å²) >= 11 is 1.66. The lowest BCUT2D eigenvalue weighted by atomic mass is 10.2. The number of anilines is 1. The van der Waals surface area contributed by atoms with Gasteiger partial charge in [0.2, 0.25) is 0 Å². The van der Waals surface area contributed by atoms with Crippen molar-refractivity contribution >= 4 is 23.1 Å². The van der Waals surface area contributed by atoms with Gasteiger partial charge in [0.05, 0.1) is 17.8 Å². The molecule has 24 heavy (non-hydrogen) atoms. The van der Waals surface area contributed by atoms with Crippen molar-refractivity contribution < 1.29 is 9.53 Å². The molecule has 3 aromatic heterocycles. The molecule has 0 radical (unpaired) electrons. The molecular formula is C16H17N5O2S. The van der Waals surface area contributed by atoms with E-state index >= 15 is 0 Å². The van der Waals surface area contributed by atoms with Gasteiger partial charge in [0.25, 0.3) is 0 Å². The lowest BCUT2D eigenvalue weighted by Crippen LogP contribution is -2.11. The van der Waals surface area contributed by atoms with E-state index in [1.807, 2.05) is 11.4 Å². The Labute approximate surface area is 143 Å². The maximum Gasteiger partial charge on any atom is 0.358 e. The van der Waals surface area contributed by atoms with Crippen LogP contribution in [-0.2, 0) is 11.2 Å². The molecule has 0 atom stereocenters. The van der Waals surface area contributed by atoms with Crippen LogP contribution in [0.2, 0.25) is 0 Å². The van der Waals surface area contributed by atoms with Crippen molar-refractivity contribution in [2.75, 3.05) is 18.5 Å². The number of esters is 1. The summed E-state index contributed by atoms with van der Waals surface area (Å²) in [6.45, 7) is 2.74. The number of ether oxygens (including phenoxy) is 1. The van der Waals surface area contributed by atoms with E-state index in [0.717, 1.165) is 22.7 Å². The molecule has 0 aliphatic heterocycles. The molecule has 0 saturated heterocycles. The minimum absolute atomic E-state index is 0.205. The largest absolute Gasteiger partial charge is 0.461 e. The number of carbonyl (C=O) groups excluding carboxylic acids is 1. The fraction of sp³-hybridized carbons (Fsp3) is 0.250. The SMILES string of the molecule is CCOC(=O)c1ccc(NCCc2[nH]cnc2-c2cccs2)nn1. The Balaban J connectivity index is 1.56. The first kappa shape index (κ1) is 16.1. The molecule has 8 heteroatoms. The van der Waals surface area contributed by atoms with Gasteiger partial charge in [-0.05, 0) is 30.5 Å². The molecule has 124 valence electrons. The van der Waals surface area contributed by atoms with Gasteiger partial charge in [0, 0.05) is 18.7 Å². The van der Waals surface area contributed by atoms with Crippen LogP contribution in [0.3, 0.4) is 0 Å². The zero-order valence-corrected chi connectivity index (χ0v) is 14.0. The van der Waals surface area contributed by atoms with E-state index in [2.05, 4.69) is 31.5 Å². The smallest absolute Gasteiger partial charge is 0.358 e. The molecule has 3 rings (SSSR count). The number of nitrogens with one attached hydrogen (secondary N) is 2. The summed E-state index contributed by atoms with van der Waals surface area (Å²) in [5.41, 5.74) is 2.26. The van der Waals surface area contributed by atoms with E-state index in [0.29, 0.717) is 19.0 Å². The summed E-state index contributed by atoms with van der Waals surface area (Å²) in [7, 11) is 0. The van der Waals surface area contributed by atoms with Crippen LogP contribution in [-0.4, -0.2) is 39.3 Å². The molecule has 3 heterocycles. The molecule has 0 aliphatic carbocycles. The standard InChI is InChI=1S/C16H17N5O2S/c1-2-23-16(22)12-5-6-14(21-20-12)17-8-7-11-15(19-10-18-11)13-4-3-9-24-13/h3-6,9-10H,2,7-8H2,1H3,(H,17,21)(H,18,19). The number of carbonyl (C=O) groups is 1. The Bertz CT molecular complexity index is 783. The maximum atomic E-state index is 11.5. The molecule has 7 nitrogen and oxygen atoms in total. The predicted octanol–water partition coefficient (Wildman–Crippen LogP) is 2.76. The highest BCUT2D eigenvalue weighted by molar-refractivity contribution is 7.13. The molecule has 2 N–H and O–H groups in total. The van der Waals surface area contributed by atoms with E-state index in [9.17, 15) is 4.79 Å². The topological polar surface area (TPSA) is 92.8 Å². The normalized spacial score (nSPS) is 10.5. The van der Waals surface area contributed by atoms with Crippen molar-refractivity contribution in [3.63, 3.8) is 0 Å². The van der Waals surface area contributed by atoms with E-state index < -0.39 is 5.97 Å². The quantitative estimate of drug-likeness (QED) is 0.641. The zero-order valence-electron chi connectivity index (χ0n) is 13.2. The minimum atomic E-state index is -0.463. The third-order valence-electron chi connectivity index (χ3n) is 3.30. The zero-order chi connectivity index (χ0) is 16.8. The third kappa shape index (κ3) is 3.77. The molecule has 0 spiro atoms. The van der Waals surface area contributed by atoms with Crippen LogP contribution in [0, 0.1) is 0 Å². The van der Waals surface area contributed by atoms with Crippen molar-refractivity contribution in [1.29, 1.82) is 0 Å². The number of hydrogen-bond donors (Lipinski definition) is 2. The highest BCUT2D eigenvalue weighted by atomic mass is 32.1. The van der Waals surface area contributed by atoms with Crippen LogP contribution in [0.15, 0.2) is 36.0 Å². The van der Waals surface area contributed by atoms with E-state index in [1.165, 1.54) is 0 Å². The van der Waals surface area contributed by atoms with Gasteiger partial charge in [0.15, 0.2) is 5.69 Å². The van der Waals surface area contributed by atoms with Crippen molar-refractivity contribution in [2.45, 2.75) is 13.3 Å². The first-order chi connectivity index (χ1) is 11.8. The highest BCUT2D eigenvalue weighted by Crippen LogP contribution is 2.25. The second-order valence-electron chi connectivity index (χ2n) is 4.91. The summed E-state index contributed by atoms with van der Waals surface area (Å²) in [4.78, 5) is 20.2. The van der Waals surface area contributed by atoms with Gasteiger partial charge >= 0.3 is 5.97 Å². The molecular weight excluding hydrogens is 326 g/mol. The second-order valence-corrected chi connectivity index (χ2v) is 5.86. The van der Waals surface area contributed by atoms with Crippen LogP contribution in [0.4, 0.5) is 5.82 Å². The van der Waals surface area contributed by atoms with Gasteiger partial charge in [0.1, 0.15) is 11.5 Å². The third-order valence-corrected chi connectivity index (χ3v) is 4.18. The van der Waals surface area contributed by atoms with Crippen LogP contribution < -0.4 is 5.32 Å². The maximum absolute atomic E-state index is 11.5. The average Bonchev–Trinajstić information content (AvgIpc) is 3.27. The van der Waals surface area contributed by atoms with Gasteiger partial charge in [-0.15, -0.1) is 21.5 Å². The monoisotopic (exact) mass is 343 g/mol. The van der Waals surface area contributed by atoms with Gasteiger partial charge in [-0.1, -0.05) is 6.07 Å². The van der Waals surface area contributed by atoms with Gasteiger partial charge < -0.3 is 15.0 Å². The fourth-order valence-corrected chi connectivity index (χ4v) is 2.94. The molecule has 3 aromatic rings. The van der Waals surface area contributed by atoms with Gasteiger partial charge in [-0.3, -0.25) is 0 Å². The summed E-state index contributed by atoms with van der Waals surface area (Å²) in [6.07, 6.45) is 2.48. The first-order valence-corrected chi connectivity index (χ1v) is 8.46.